The van der Waals surface area contributed by atoms with Crippen LogP contribution < -0.4 is 0 Å². The molecule has 1 aromatic rings. The summed E-state index contributed by atoms with van der Waals surface area (Å²) in [5.74, 6) is 1.72. The SMILES string of the molecule is CCN1CCCC(c2nc(CCO)no2)C1. The Morgan fingerprint density at radius 2 is 2.44 bits per heavy atom. The minimum Gasteiger partial charge on any atom is -0.396 e. The fourth-order valence-corrected chi connectivity index (χ4v) is 2.18. The number of hydrogen-bond acceptors (Lipinski definition) is 5. The molecule has 2 heterocycles. The van der Waals surface area contributed by atoms with Gasteiger partial charge in [-0.3, -0.25) is 0 Å². The van der Waals surface area contributed by atoms with Gasteiger partial charge in [-0.1, -0.05) is 12.1 Å². The quantitative estimate of drug-likeness (QED) is 0.821. The van der Waals surface area contributed by atoms with Gasteiger partial charge < -0.3 is 14.5 Å². The first-order valence-electron chi connectivity index (χ1n) is 5.99. The summed E-state index contributed by atoms with van der Waals surface area (Å²) >= 11 is 0. The van der Waals surface area contributed by atoms with E-state index in [1.807, 2.05) is 0 Å². The molecule has 0 radical (unpaired) electrons. The molecule has 0 aliphatic carbocycles. The van der Waals surface area contributed by atoms with Crippen molar-refractivity contribution in [3.63, 3.8) is 0 Å². The molecule has 0 bridgehead atoms. The molecule has 0 amide bonds. The third-order valence-electron chi connectivity index (χ3n) is 3.12. The van der Waals surface area contributed by atoms with Crippen LogP contribution in [0.3, 0.4) is 0 Å². The van der Waals surface area contributed by atoms with Gasteiger partial charge >= 0.3 is 0 Å². The topological polar surface area (TPSA) is 62.4 Å². The molecule has 1 aromatic heterocycles. The largest absolute Gasteiger partial charge is 0.396 e. The number of aliphatic hydroxyl groups excluding tert-OH is 1. The monoisotopic (exact) mass is 225 g/mol. The molecule has 1 unspecified atom stereocenters. The van der Waals surface area contributed by atoms with E-state index in [4.69, 9.17) is 9.63 Å². The van der Waals surface area contributed by atoms with Crippen molar-refractivity contribution < 1.29 is 9.63 Å². The number of piperidine rings is 1. The maximum absolute atomic E-state index is 8.79. The van der Waals surface area contributed by atoms with E-state index in [0.717, 1.165) is 25.4 Å². The second-order valence-corrected chi connectivity index (χ2v) is 4.25. The van der Waals surface area contributed by atoms with Crippen LogP contribution in [0.2, 0.25) is 0 Å². The summed E-state index contributed by atoms with van der Waals surface area (Å²) in [5.41, 5.74) is 0. The zero-order valence-electron chi connectivity index (χ0n) is 9.72. The van der Waals surface area contributed by atoms with Crippen molar-refractivity contribution in [3.05, 3.63) is 11.7 Å². The van der Waals surface area contributed by atoms with Crippen molar-refractivity contribution in [2.45, 2.75) is 32.1 Å². The second-order valence-electron chi connectivity index (χ2n) is 4.25. The van der Waals surface area contributed by atoms with E-state index in [9.17, 15) is 0 Å². The molecule has 5 heteroatoms. The van der Waals surface area contributed by atoms with Crippen LogP contribution in [-0.4, -0.2) is 46.4 Å². The molecule has 1 atom stereocenters. The van der Waals surface area contributed by atoms with Crippen LogP contribution in [0.5, 0.6) is 0 Å². The highest BCUT2D eigenvalue weighted by molar-refractivity contribution is 4.97. The lowest BCUT2D eigenvalue weighted by Gasteiger charge is -2.29. The van der Waals surface area contributed by atoms with Crippen LogP contribution in [0.25, 0.3) is 0 Å². The van der Waals surface area contributed by atoms with Gasteiger partial charge in [0.05, 0.1) is 12.5 Å². The van der Waals surface area contributed by atoms with Crippen LogP contribution in [0.4, 0.5) is 0 Å². The van der Waals surface area contributed by atoms with Gasteiger partial charge in [-0.25, -0.2) is 0 Å². The lowest BCUT2D eigenvalue weighted by molar-refractivity contribution is 0.194. The second kappa shape index (κ2) is 5.41. The molecule has 2 rings (SSSR count). The average Bonchev–Trinajstić information content (AvgIpc) is 2.78. The predicted octanol–water partition coefficient (Wildman–Crippen LogP) is 0.804. The van der Waals surface area contributed by atoms with Gasteiger partial charge in [-0.05, 0) is 25.9 Å². The van der Waals surface area contributed by atoms with Crippen LogP contribution >= 0.6 is 0 Å². The molecule has 1 saturated heterocycles. The standard InChI is InChI=1S/C11H19N3O2/c1-2-14-6-3-4-9(8-14)11-12-10(5-7-15)13-16-11/h9,15H,2-8H2,1H3. The Balaban J connectivity index is 1.99. The number of nitrogens with zero attached hydrogens (tertiary/aromatic N) is 3. The Bertz CT molecular complexity index is 327. The van der Waals surface area contributed by atoms with Gasteiger partial charge in [0.25, 0.3) is 0 Å². The van der Waals surface area contributed by atoms with Gasteiger partial charge in [0.15, 0.2) is 5.82 Å². The summed E-state index contributed by atoms with van der Waals surface area (Å²) in [4.78, 5) is 6.73. The molecule has 0 saturated carbocycles. The van der Waals surface area contributed by atoms with Gasteiger partial charge in [0, 0.05) is 13.0 Å². The number of aliphatic hydroxyl groups is 1. The summed E-state index contributed by atoms with van der Waals surface area (Å²) in [5, 5.41) is 12.7. The van der Waals surface area contributed by atoms with Crippen molar-refractivity contribution >= 4 is 0 Å². The van der Waals surface area contributed by atoms with E-state index in [-0.39, 0.29) is 6.61 Å². The smallest absolute Gasteiger partial charge is 0.231 e. The van der Waals surface area contributed by atoms with Crippen LogP contribution in [0.15, 0.2) is 4.52 Å². The average molecular weight is 225 g/mol. The lowest BCUT2D eigenvalue weighted by atomic mass is 9.98. The molecule has 16 heavy (non-hydrogen) atoms. The molecule has 5 nitrogen and oxygen atoms in total. The van der Waals surface area contributed by atoms with Crippen molar-refractivity contribution in [1.82, 2.24) is 15.0 Å². The number of rotatable bonds is 4. The summed E-state index contributed by atoms with van der Waals surface area (Å²) in [6.07, 6.45) is 2.79. The molecule has 90 valence electrons. The highest BCUT2D eigenvalue weighted by atomic mass is 16.5. The highest BCUT2D eigenvalue weighted by Gasteiger charge is 2.24. The van der Waals surface area contributed by atoms with Crippen LogP contribution in [0, 0.1) is 0 Å². The fourth-order valence-electron chi connectivity index (χ4n) is 2.18. The third-order valence-corrected chi connectivity index (χ3v) is 3.12. The van der Waals surface area contributed by atoms with Crippen molar-refractivity contribution in [2.24, 2.45) is 0 Å². The molecule has 0 spiro atoms. The van der Waals surface area contributed by atoms with E-state index in [1.54, 1.807) is 0 Å². The van der Waals surface area contributed by atoms with Gasteiger partial charge in [0.1, 0.15) is 0 Å². The number of likely N-dealkylation sites (tertiary alicyclic amines) is 1. The van der Waals surface area contributed by atoms with Crippen LogP contribution in [0.1, 0.15) is 37.4 Å². The maximum atomic E-state index is 8.79. The highest BCUT2D eigenvalue weighted by Crippen LogP contribution is 2.25. The number of aromatic nitrogens is 2. The predicted molar refractivity (Wildman–Crippen MR) is 59.2 cm³/mol. The Morgan fingerprint density at radius 1 is 1.56 bits per heavy atom. The number of likely N-dealkylation sites (N-methyl/N-ethyl adjacent to an activating group) is 1. The minimum absolute atomic E-state index is 0.0741. The zero-order valence-corrected chi connectivity index (χ0v) is 9.72. The van der Waals surface area contributed by atoms with Crippen LogP contribution in [-0.2, 0) is 6.42 Å². The summed E-state index contributed by atoms with van der Waals surface area (Å²) < 4.78 is 5.25. The fraction of sp³-hybridized carbons (Fsp3) is 0.818. The van der Waals surface area contributed by atoms with Crippen molar-refractivity contribution in [1.29, 1.82) is 0 Å². The molecule has 1 N–H and O–H groups in total. The molecule has 1 aliphatic heterocycles. The molecular weight excluding hydrogens is 206 g/mol. The molecule has 1 aliphatic rings. The van der Waals surface area contributed by atoms with E-state index in [1.165, 1.54) is 13.0 Å². The Hall–Kier alpha value is -0.940. The van der Waals surface area contributed by atoms with Gasteiger partial charge in [-0.15, -0.1) is 0 Å². The van der Waals surface area contributed by atoms with E-state index in [0.29, 0.717) is 18.2 Å². The Labute approximate surface area is 95.4 Å². The minimum atomic E-state index is 0.0741. The van der Waals surface area contributed by atoms with E-state index < -0.39 is 0 Å². The van der Waals surface area contributed by atoms with Crippen molar-refractivity contribution in [3.8, 4) is 0 Å². The zero-order chi connectivity index (χ0) is 11.4. The van der Waals surface area contributed by atoms with Gasteiger partial charge in [0.2, 0.25) is 5.89 Å². The Kier molecular flexibility index (Phi) is 3.90. The third kappa shape index (κ3) is 2.59. The first kappa shape index (κ1) is 11.5. The van der Waals surface area contributed by atoms with Crippen molar-refractivity contribution in [2.75, 3.05) is 26.2 Å². The number of hydrogen-bond donors (Lipinski definition) is 1. The molecule has 0 aromatic carbocycles. The summed E-state index contributed by atoms with van der Waals surface area (Å²) in [6.45, 7) is 5.51. The lowest BCUT2D eigenvalue weighted by Crippen LogP contribution is -2.34. The first-order valence-corrected chi connectivity index (χ1v) is 5.99. The summed E-state index contributed by atoms with van der Waals surface area (Å²) in [6, 6.07) is 0. The van der Waals surface area contributed by atoms with Gasteiger partial charge in [-0.2, -0.15) is 4.98 Å². The first-order chi connectivity index (χ1) is 7.83. The normalized spacial score (nSPS) is 22.5. The molecular formula is C11H19N3O2. The Morgan fingerprint density at radius 3 is 3.19 bits per heavy atom. The maximum Gasteiger partial charge on any atom is 0.231 e. The van der Waals surface area contributed by atoms with E-state index in [2.05, 4.69) is 22.0 Å². The summed E-state index contributed by atoms with van der Waals surface area (Å²) in [7, 11) is 0. The molecule has 1 fully saturated rings. The van der Waals surface area contributed by atoms with E-state index >= 15 is 0 Å².